The molecule has 0 aromatic heterocycles. The van der Waals surface area contributed by atoms with Crippen molar-refractivity contribution >= 4 is 28.1 Å². The summed E-state index contributed by atoms with van der Waals surface area (Å²) < 4.78 is 12.1. The van der Waals surface area contributed by atoms with Gasteiger partial charge in [-0.15, -0.1) is 0 Å². The van der Waals surface area contributed by atoms with Crippen LogP contribution in [-0.4, -0.2) is 25.8 Å². The van der Waals surface area contributed by atoms with Gasteiger partial charge in [-0.05, 0) is 52.2 Å². The van der Waals surface area contributed by atoms with Crippen LogP contribution in [0.4, 0.5) is 0 Å². The molecule has 144 valence electrons. The summed E-state index contributed by atoms with van der Waals surface area (Å²) in [5, 5.41) is 4.02. The Morgan fingerprint density at radius 1 is 1.19 bits per heavy atom. The number of unbranched alkanes of at least 4 members (excludes halogenated alkanes) is 3. The zero-order chi connectivity index (χ0) is 19.5. The molecule has 5 nitrogen and oxygen atoms in total. The molecule has 0 heterocycles. The molecule has 6 heteroatoms. The molecule has 0 aliphatic heterocycles. The maximum absolute atomic E-state index is 12.0. The van der Waals surface area contributed by atoms with E-state index in [4.69, 9.17) is 9.47 Å². The highest BCUT2D eigenvalue weighted by molar-refractivity contribution is 9.10. The lowest BCUT2D eigenvalue weighted by atomic mass is 10.2. The molecule has 0 spiro atoms. The third kappa shape index (κ3) is 6.71. The van der Waals surface area contributed by atoms with Crippen LogP contribution in [0.5, 0.6) is 11.5 Å². The Hall–Kier alpha value is -2.34. The number of rotatable bonds is 10. The van der Waals surface area contributed by atoms with Crippen LogP contribution < -0.4 is 14.9 Å². The second-order valence-electron chi connectivity index (χ2n) is 6.01. The quantitative estimate of drug-likeness (QED) is 0.319. The number of carbonyl (C=O) groups excluding carboxylic acids is 1. The molecular formula is C21H25BrN2O3. The molecule has 0 atom stereocenters. The van der Waals surface area contributed by atoms with Gasteiger partial charge in [0.15, 0.2) is 11.5 Å². The molecule has 0 saturated heterocycles. The van der Waals surface area contributed by atoms with Crippen LogP contribution in [0.2, 0.25) is 0 Å². The first kappa shape index (κ1) is 21.0. The molecule has 0 bridgehead atoms. The van der Waals surface area contributed by atoms with Crippen molar-refractivity contribution in [2.75, 3.05) is 13.7 Å². The summed E-state index contributed by atoms with van der Waals surface area (Å²) in [7, 11) is 1.60. The van der Waals surface area contributed by atoms with Gasteiger partial charge in [-0.2, -0.15) is 5.10 Å². The monoisotopic (exact) mass is 432 g/mol. The largest absolute Gasteiger partial charge is 0.493 e. The van der Waals surface area contributed by atoms with Gasteiger partial charge >= 0.3 is 0 Å². The van der Waals surface area contributed by atoms with Crippen molar-refractivity contribution in [1.82, 2.24) is 5.43 Å². The minimum atomic E-state index is -0.259. The van der Waals surface area contributed by atoms with Crippen molar-refractivity contribution in [3.05, 3.63) is 58.1 Å². The number of hydrogen-bond acceptors (Lipinski definition) is 4. The average molecular weight is 433 g/mol. The summed E-state index contributed by atoms with van der Waals surface area (Å²) in [6, 6.07) is 12.6. The lowest BCUT2D eigenvalue weighted by Gasteiger charge is -2.13. The number of ether oxygens (including phenoxy) is 2. The molecule has 0 radical (unpaired) electrons. The zero-order valence-corrected chi connectivity index (χ0v) is 17.3. The number of halogens is 1. The predicted octanol–water partition coefficient (Wildman–Crippen LogP) is 5.18. The van der Waals surface area contributed by atoms with Gasteiger partial charge in [0.2, 0.25) is 0 Å². The molecule has 2 aromatic rings. The Morgan fingerprint density at radius 2 is 1.96 bits per heavy atom. The fourth-order valence-corrected chi connectivity index (χ4v) is 3.05. The van der Waals surface area contributed by atoms with Crippen LogP contribution >= 0.6 is 15.9 Å². The molecule has 1 amide bonds. The Balaban J connectivity index is 1.99. The van der Waals surface area contributed by atoms with Crippen molar-refractivity contribution in [1.29, 1.82) is 0 Å². The van der Waals surface area contributed by atoms with E-state index in [9.17, 15) is 4.79 Å². The van der Waals surface area contributed by atoms with Crippen LogP contribution in [0, 0.1) is 0 Å². The fraction of sp³-hybridized carbons (Fsp3) is 0.333. The third-order valence-corrected chi connectivity index (χ3v) is 4.50. The van der Waals surface area contributed by atoms with Crippen molar-refractivity contribution in [2.24, 2.45) is 5.10 Å². The minimum Gasteiger partial charge on any atom is -0.493 e. The summed E-state index contributed by atoms with van der Waals surface area (Å²) in [6.07, 6.45) is 6.15. The highest BCUT2D eigenvalue weighted by atomic mass is 79.9. The second kappa shape index (κ2) is 11.4. The van der Waals surface area contributed by atoms with Gasteiger partial charge in [-0.1, -0.05) is 44.4 Å². The normalized spacial score (nSPS) is 10.8. The Kier molecular flexibility index (Phi) is 8.84. The van der Waals surface area contributed by atoms with Crippen molar-refractivity contribution < 1.29 is 14.3 Å². The van der Waals surface area contributed by atoms with Crippen molar-refractivity contribution in [2.45, 2.75) is 32.6 Å². The number of benzene rings is 2. The number of amides is 1. The molecular weight excluding hydrogens is 408 g/mol. The molecule has 2 rings (SSSR count). The van der Waals surface area contributed by atoms with Crippen LogP contribution in [0.1, 0.15) is 48.5 Å². The number of hydrogen-bond donors (Lipinski definition) is 1. The molecule has 0 aliphatic carbocycles. The van der Waals surface area contributed by atoms with Crippen LogP contribution in [0.25, 0.3) is 0 Å². The summed E-state index contributed by atoms with van der Waals surface area (Å²) in [5.41, 5.74) is 3.85. The standard InChI is InChI=1S/C21H25BrN2O3/c1-3-4-5-9-12-27-20-18(22)13-16(14-19(20)26-2)15-23-24-21(25)17-10-7-6-8-11-17/h6-8,10-11,13-15H,3-5,9,12H2,1-2H3,(H,24,25)/b23-15+. The van der Waals surface area contributed by atoms with E-state index in [0.29, 0.717) is 23.7 Å². The summed E-state index contributed by atoms with van der Waals surface area (Å²) in [5.74, 6) is 1.04. The lowest BCUT2D eigenvalue weighted by molar-refractivity contribution is 0.0955. The molecule has 2 aromatic carbocycles. The molecule has 1 N–H and O–H groups in total. The van der Waals surface area contributed by atoms with Gasteiger partial charge in [0.05, 0.1) is 24.4 Å². The molecule has 0 fully saturated rings. The Bertz CT molecular complexity index is 764. The summed E-state index contributed by atoms with van der Waals surface area (Å²) >= 11 is 3.53. The van der Waals surface area contributed by atoms with E-state index < -0.39 is 0 Å². The minimum absolute atomic E-state index is 0.259. The van der Waals surface area contributed by atoms with Gasteiger partial charge in [-0.25, -0.2) is 5.43 Å². The van der Waals surface area contributed by atoms with Gasteiger partial charge in [0, 0.05) is 5.56 Å². The highest BCUT2D eigenvalue weighted by Gasteiger charge is 2.11. The Labute approximate surface area is 168 Å². The number of methoxy groups -OCH3 is 1. The van der Waals surface area contributed by atoms with Crippen LogP contribution in [-0.2, 0) is 0 Å². The molecule has 0 aliphatic rings. The number of carbonyl (C=O) groups is 1. The van der Waals surface area contributed by atoms with Gasteiger partial charge in [-0.3, -0.25) is 4.79 Å². The zero-order valence-electron chi connectivity index (χ0n) is 15.7. The fourth-order valence-electron chi connectivity index (χ4n) is 2.48. The third-order valence-electron chi connectivity index (χ3n) is 3.91. The smallest absolute Gasteiger partial charge is 0.271 e. The maximum Gasteiger partial charge on any atom is 0.271 e. The SMILES string of the molecule is CCCCCCOc1c(Br)cc(/C=N/NC(=O)c2ccccc2)cc1OC. The second-order valence-corrected chi connectivity index (χ2v) is 6.86. The van der Waals surface area contributed by atoms with E-state index in [0.717, 1.165) is 22.9 Å². The van der Waals surface area contributed by atoms with E-state index in [1.807, 2.05) is 30.3 Å². The number of nitrogens with one attached hydrogen (secondary N) is 1. The number of nitrogens with zero attached hydrogens (tertiary/aromatic N) is 1. The van der Waals surface area contributed by atoms with E-state index in [1.165, 1.54) is 12.8 Å². The van der Waals surface area contributed by atoms with Gasteiger partial charge in [0.25, 0.3) is 5.91 Å². The molecule has 0 unspecified atom stereocenters. The van der Waals surface area contributed by atoms with Crippen molar-refractivity contribution in [3.63, 3.8) is 0 Å². The Morgan fingerprint density at radius 3 is 2.67 bits per heavy atom. The topological polar surface area (TPSA) is 59.9 Å². The van der Waals surface area contributed by atoms with E-state index >= 15 is 0 Å². The van der Waals surface area contributed by atoms with Gasteiger partial charge < -0.3 is 9.47 Å². The van der Waals surface area contributed by atoms with Gasteiger partial charge in [0.1, 0.15) is 0 Å². The first-order chi connectivity index (χ1) is 13.2. The lowest BCUT2D eigenvalue weighted by Crippen LogP contribution is -2.17. The van der Waals surface area contributed by atoms with Crippen molar-refractivity contribution in [3.8, 4) is 11.5 Å². The van der Waals surface area contributed by atoms with Crippen LogP contribution in [0.3, 0.4) is 0 Å². The van der Waals surface area contributed by atoms with E-state index in [2.05, 4.69) is 33.4 Å². The number of hydrazone groups is 1. The molecule has 0 saturated carbocycles. The maximum atomic E-state index is 12.0. The average Bonchev–Trinajstić information content (AvgIpc) is 2.69. The summed E-state index contributed by atoms with van der Waals surface area (Å²) in [6.45, 7) is 2.83. The predicted molar refractivity (Wildman–Crippen MR) is 112 cm³/mol. The highest BCUT2D eigenvalue weighted by Crippen LogP contribution is 2.36. The van der Waals surface area contributed by atoms with E-state index in [-0.39, 0.29) is 5.91 Å². The molecule has 27 heavy (non-hydrogen) atoms. The van der Waals surface area contributed by atoms with E-state index in [1.54, 1.807) is 25.5 Å². The first-order valence-corrected chi connectivity index (χ1v) is 9.83. The first-order valence-electron chi connectivity index (χ1n) is 9.04. The van der Waals surface area contributed by atoms with Crippen LogP contribution in [0.15, 0.2) is 52.0 Å². The summed E-state index contributed by atoms with van der Waals surface area (Å²) in [4.78, 5) is 12.0.